The van der Waals surface area contributed by atoms with Gasteiger partial charge in [0.2, 0.25) is 0 Å². The van der Waals surface area contributed by atoms with Crippen molar-refractivity contribution in [3.63, 3.8) is 0 Å². The molecule has 308 valence electrons. The Kier molecular flexibility index (Phi) is 13.5. The molecule has 0 atom stereocenters. The topological polar surface area (TPSA) is 88.7 Å². The second-order valence-corrected chi connectivity index (χ2v) is 14.4. The molecule has 6 aromatic carbocycles. The Labute approximate surface area is 358 Å². The molecule has 0 saturated heterocycles. The number of para-hydroxylation sites is 2. The molecule has 9 nitrogen and oxygen atoms in total. The minimum absolute atomic E-state index is 0.326. The second-order valence-electron chi connectivity index (χ2n) is 14.4. The lowest BCUT2D eigenvalue weighted by Crippen LogP contribution is -2.32. The van der Waals surface area contributed by atoms with Crippen molar-refractivity contribution in [1.82, 2.24) is 9.55 Å². The predicted octanol–water partition coefficient (Wildman–Crippen LogP) is 10.4. The van der Waals surface area contributed by atoms with E-state index < -0.39 is 5.79 Å². The third-order valence-electron chi connectivity index (χ3n) is 10.3. The molecule has 7 aromatic rings. The number of hydrogen-bond acceptors (Lipinski definition) is 8. The molecule has 0 amide bonds. The lowest BCUT2D eigenvalue weighted by molar-refractivity contribution is 0.0545. The first-order chi connectivity index (χ1) is 30.2. The molecular formula is C52H50N4O5. The van der Waals surface area contributed by atoms with E-state index in [1.165, 1.54) is 0 Å². The van der Waals surface area contributed by atoms with Gasteiger partial charge in [-0.2, -0.15) is 0 Å². The van der Waals surface area contributed by atoms with Crippen LogP contribution in [0.3, 0.4) is 0 Å². The zero-order valence-corrected chi connectivity index (χ0v) is 34.7. The van der Waals surface area contributed by atoms with E-state index in [-0.39, 0.29) is 0 Å². The van der Waals surface area contributed by atoms with Crippen LogP contribution in [-0.4, -0.2) is 74.3 Å². The van der Waals surface area contributed by atoms with Crippen molar-refractivity contribution in [2.24, 2.45) is 9.98 Å². The maximum absolute atomic E-state index is 6.68. The SMILES string of the molecule is CCCOCCOc1ccccc1C1(n2c(-c3ccccc3OCCOCCOC)nc(-c3ccccc3)c2-c2ccccc2)N=C(c2ccccc2)C(c2ccccc2)=N1. The van der Waals surface area contributed by atoms with E-state index in [9.17, 15) is 0 Å². The standard InChI is InChI=1S/C52H50N4O5/c1-3-32-58-35-38-61-46-31-19-17-29-44(46)52(54-47(39-20-8-4-9-21-39)48(55-52)40-22-10-5-11-23-40)56-50(42-26-14-7-15-27-42)49(41-24-12-6-13-25-41)53-51(56)43-28-16-18-30-45(43)60-37-36-59-34-33-57-2/h4-31H,3,32-38H2,1-2H3. The highest BCUT2D eigenvalue weighted by atomic mass is 16.5. The summed E-state index contributed by atoms with van der Waals surface area (Å²) in [7, 11) is 1.66. The largest absolute Gasteiger partial charge is 0.491 e. The molecule has 0 bridgehead atoms. The molecule has 1 aliphatic rings. The van der Waals surface area contributed by atoms with Crippen molar-refractivity contribution in [2.75, 3.05) is 53.4 Å². The first-order valence-electron chi connectivity index (χ1n) is 20.9. The molecule has 0 radical (unpaired) electrons. The molecule has 0 fully saturated rings. The zero-order valence-electron chi connectivity index (χ0n) is 34.7. The first-order valence-corrected chi connectivity index (χ1v) is 20.9. The minimum atomic E-state index is -1.49. The molecular weight excluding hydrogens is 761 g/mol. The van der Waals surface area contributed by atoms with Crippen LogP contribution in [0.2, 0.25) is 0 Å². The second kappa shape index (κ2) is 20.1. The van der Waals surface area contributed by atoms with E-state index in [0.717, 1.165) is 62.6 Å². The highest BCUT2D eigenvalue weighted by Crippen LogP contribution is 2.49. The first kappa shape index (κ1) is 41.1. The molecule has 2 heterocycles. The van der Waals surface area contributed by atoms with Crippen LogP contribution in [-0.2, 0) is 20.0 Å². The van der Waals surface area contributed by atoms with Crippen molar-refractivity contribution in [3.05, 3.63) is 187 Å². The zero-order chi connectivity index (χ0) is 41.7. The highest BCUT2D eigenvalue weighted by molar-refractivity contribution is 6.54. The van der Waals surface area contributed by atoms with Crippen LogP contribution in [0.4, 0.5) is 0 Å². The van der Waals surface area contributed by atoms with Gasteiger partial charge in [-0.25, -0.2) is 15.0 Å². The monoisotopic (exact) mass is 810 g/mol. The number of aromatic nitrogens is 2. The Morgan fingerprint density at radius 3 is 1.54 bits per heavy atom. The van der Waals surface area contributed by atoms with Crippen molar-refractivity contribution in [2.45, 2.75) is 19.1 Å². The van der Waals surface area contributed by atoms with Gasteiger partial charge in [-0.15, -0.1) is 0 Å². The number of ether oxygens (including phenoxy) is 5. The van der Waals surface area contributed by atoms with E-state index in [2.05, 4.69) is 66.1 Å². The van der Waals surface area contributed by atoms with Crippen LogP contribution in [0.5, 0.6) is 11.5 Å². The third-order valence-corrected chi connectivity index (χ3v) is 10.3. The summed E-state index contributed by atoms with van der Waals surface area (Å²) in [4.78, 5) is 17.4. The summed E-state index contributed by atoms with van der Waals surface area (Å²) in [5.74, 6) is 0.403. The lowest BCUT2D eigenvalue weighted by Gasteiger charge is -2.31. The van der Waals surface area contributed by atoms with Crippen LogP contribution in [0.15, 0.2) is 180 Å². The molecule has 0 N–H and O–H groups in total. The Balaban J connectivity index is 1.46. The van der Waals surface area contributed by atoms with Gasteiger partial charge >= 0.3 is 0 Å². The summed E-state index contributed by atoms with van der Waals surface area (Å²) in [5.41, 5.74) is 8.33. The van der Waals surface area contributed by atoms with Crippen molar-refractivity contribution >= 4 is 11.4 Å². The fraction of sp³-hybridized carbons (Fsp3) is 0.212. The summed E-state index contributed by atoms with van der Waals surface area (Å²) < 4.78 is 32.3. The van der Waals surface area contributed by atoms with Crippen LogP contribution in [0.25, 0.3) is 33.9 Å². The number of rotatable bonds is 20. The molecule has 1 aromatic heterocycles. The van der Waals surface area contributed by atoms with Gasteiger partial charge in [0.25, 0.3) is 5.79 Å². The van der Waals surface area contributed by atoms with Gasteiger partial charge in [-0.3, -0.25) is 4.57 Å². The number of benzene rings is 6. The molecule has 61 heavy (non-hydrogen) atoms. The van der Waals surface area contributed by atoms with Crippen LogP contribution < -0.4 is 9.47 Å². The molecule has 0 saturated carbocycles. The Hall–Kier alpha value is -6.65. The average Bonchev–Trinajstić information content (AvgIpc) is 3.93. The molecule has 8 rings (SSSR count). The quantitative estimate of drug-likeness (QED) is 0.0713. The Morgan fingerprint density at radius 2 is 0.951 bits per heavy atom. The Morgan fingerprint density at radius 1 is 0.475 bits per heavy atom. The maximum atomic E-state index is 6.68. The number of aliphatic imine (C=N–C) groups is 2. The molecule has 0 spiro atoms. The van der Waals surface area contributed by atoms with Gasteiger partial charge in [0, 0.05) is 36.0 Å². The molecule has 0 aliphatic carbocycles. The third kappa shape index (κ3) is 9.10. The summed E-state index contributed by atoms with van der Waals surface area (Å²) >= 11 is 0. The van der Waals surface area contributed by atoms with Gasteiger partial charge in [-0.1, -0.05) is 153 Å². The van der Waals surface area contributed by atoms with Gasteiger partial charge < -0.3 is 23.7 Å². The smallest absolute Gasteiger partial charge is 0.265 e. The number of imidazole rings is 1. The fourth-order valence-corrected chi connectivity index (χ4v) is 7.50. The van der Waals surface area contributed by atoms with Crippen LogP contribution >= 0.6 is 0 Å². The fourth-order valence-electron chi connectivity index (χ4n) is 7.50. The number of hydrogen-bond donors (Lipinski definition) is 0. The minimum Gasteiger partial charge on any atom is -0.491 e. The summed E-state index contributed by atoms with van der Waals surface area (Å²) in [6, 6.07) is 57.2. The van der Waals surface area contributed by atoms with E-state index in [1.54, 1.807) is 7.11 Å². The molecule has 9 heteroatoms. The summed E-state index contributed by atoms with van der Waals surface area (Å²) in [6.45, 7) is 5.25. The van der Waals surface area contributed by atoms with Crippen molar-refractivity contribution in [3.8, 4) is 45.4 Å². The molecule has 1 aliphatic heterocycles. The lowest BCUT2D eigenvalue weighted by atomic mass is 10.0. The van der Waals surface area contributed by atoms with Crippen molar-refractivity contribution in [1.29, 1.82) is 0 Å². The summed E-state index contributed by atoms with van der Waals surface area (Å²) in [5, 5.41) is 0. The van der Waals surface area contributed by atoms with E-state index in [0.29, 0.717) is 63.6 Å². The van der Waals surface area contributed by atoms with Crippen LogP contribution in [0, 0.1) is 0 Å². The van der Waals surface area contributed by atoms with E-state index >= 15 is 0 Å². The van der Waals surface area contributed by atoms with Gasteiger partial charge in [-0.05, 0) is 30.7 Å². The highest BCUT2D eigenvalue weighted by Gasteiger charge is 2.47. The number of nitrogens with zero attached hydrogens (tertiary/aromatic N) is 4. The summed E-state index contributed by atoms with van der Waals surface area (Å²) in [6.07, 6.45) is 0.926. The van der Waals surface area contributed by atoms with Crippen molar-refractivity contribution < 1.29 is 23.7 Å². The van der Waals surface area contributed by atoms with Gasteiger partial charge in [0.15, 0.2) is 0 Å². The predicted molar refractivity (Wildman–Crippen MR) is 243 cm³/mol. The van der Waals surface area contributed by atoms with E-state index in [1.807, 2.05) is 115 Å². The average molecular weight is 811 g/mol. The normalized spacial score (nSPS) is 13.1. The Bertz CT molecular complexity index is 2480. The van der Waals surface area contributed by atoms with Crippen LogP contribution in [0.1, 0.15) is 30.0 Å². The maximum Gasteiger partial charge on any atom is 0.265 e. The number of methoxy groups -OCH3 is 1. The van der Waals surface area contributed by atoms with Gasteiger partial charge in [0.05, 0.1) is 60.4 Å². The van der Waals surface area contributed by atoms with E-state index in [4.69, 9.17) is 38.7 Å². The van der Waals surface area contributed by atoms with Gasteiger partial charge in [0.1, 0.15) is 30.5 Å². The molecule has 0 unspecified atom stereocenters.